The first-order valence-corrected chi connectivity index (χ1v) is 6.13. The average molecular weight is 210 g/mol. The fourth-order valence-corrected chi connectivity index (χ4v) is 2.65. The minimum absolute atomic E-state index is 0.402. The van der Waals surface area contributed by atoms with Gasteiger partial charge in [-0.25, -0.2) is 4.98 Å². The van der Waals surface area contributed by atoms with Crippen LogP contribution in [0.5, 0.6) is 0 Å². The first-order valence-electron chi connectivity index (χ1n) is 5.25. The van der Waals surface area contributed by atoms with Crippen molar-refractivity contribution in [3.8, 4) is 0 Å². The third kappa shape index (κ3) is 1.84. The lowest BCUT2D eigenvalue weighted by Crippen LogP contribution is -2.50. The number of hydrogen-bond donors (Lipinski definition) is 1. The molecule has 2 nitrogen and oxygen atoms in total. The molecule has 1 aliphatic rings. The molecule has 0 saturated heterocycles. The van der Waals surface area contributed by atoms with Crippen LogP contribution in [0.1, 0.15) is 44.7 Å². The van der Waals surface area contributed by atoms with Gasteiger partial charge in [-0.3, -0.25) is 0 Å². The molecule has 1 aromatic rings. The number of nitrogens with one attached hydrogen (secondary N) is 1. The van der Waals surface area contributed by atoms with E-state index >= 15 is 0 Å². The Morgan fingerprint density at radius 1 is 1.64 bits per heavy atom. The molecule has 1 N–H and O–H groups in total. The fraction of sp³-hybridized carbons (Fsp3) is 0.727. The van der Waals surface area contributed by atoms with Crippen molar-refractivity contribution in [2.45, 2.75) is 45.7 Å². The van der Waals surface area contributed by atoms with Gasteiger partial charge in [0.15, 0.2) is 0 Å². The largest absolute Gasteiger partial charge is 0.305 e. The van der Waals surface area contributed by atoms with Crippen molar-refractivity contribution in [3.05, 3.63) is 16.6 Å². The smallest absolute Gasteiger partial charge is 0.109 e. The van der Waals surface area contributed by atoms with Gasteiger partial charge in [-0.1, -0.05) is 13.8 Å². The Balaban J connectivity index is 1.92. The summed E-state index contributed by atoms with van der Waals surface area (Å²) in [5.41, 5.74) is 0.478. The molecule has 0 amide bonds. The summed E-state index contributed by atoms with van der Waals surface area (Å²) in [7, 11) is 0. The molecule has 1 saturated carbocycles. The molecule has 0 aromatic carbocycles. The van der Waals surface area contributed by atoms with Gasteiger partial charge >= 0.3 is 0 Å². The van der Waals surface area contributed by atoms with Crippen molar-refractivity contribution in [1.29, 1.82) is 0 Å². The lowest BCUT2D eigenvalue weighted by atomic mass is 9.67. The Kier molecular flexibility index (Phi) is 2.62. The quantitative estimate of drug-likeness (QED) is 0.829. The molecule has 1 fully saturated rings. The third-order valence-electron chi connectivity index (χ3n) is 3.29. The fourth-order valence-electron chi connectivity index (χ4n) is 2.00. The normalized spacial score (nSPS) is 26.9. The zero-order chi connectivity index (χ0) is 10.2. The molecule has 1 aromatic heterocycles. The molecule has 2 atom stereocenters. The predicted molar refractivity (Wildman–Crippen MR) is 60.5 cm³/mol. The van der Waals surface area contributed by atoms with Crippen LogP contribution in [-0.2, 0) is 0 Å². The number of nitrogens with zero attached hydrogens (tertiary/aromatic N) is 1. The second kappa shape index (κ2) is 3.63. The second-order valence-electron chi connectivity index (χ2n) is 4.84. The number of rotatable bonds is 3. The van der Waals surface area contributed by atoms with Crippen LogP contribution < -0.4 is 5.32 Å². The van der Waals surface area contributed by atoms with E-state index in [0.717, 1.165) is 0 Å². The zero-order valence-corrected chi connectivity index (χ0v) is 9.90. The Hall–Kier alpha value is -0.410. The van der Waals surface area contributed by atoms with E-state index in [0.29, 0.717) is 17.5 Å². The number of aromatic nitrogens is 1. The van der Waals surface area contributed by atoms with Crippen molar-refractivity contribution >= 4 is 11.3 Å². The van der Waals surface area contributed by atoms with Gasteiger partial charge in [0.1, 0.15) is 5.01 Å². The molecule has 1 aliphatic carbocycles. The molecule has 0 bridgehead atoms. The second-order valence-corrected chi connectivity index (χ2v) is 5.76. The lowest BCUT2D eigenvalue weighted by molar-refractivity contribution is 0.0998. The Bertz CT molecular complexity index is 292. The highest BCUT2D eigenvalue weighted by atomic mass is 32.1. The highest BCUT2D eigenvalue weighted by Crippen LogP contribution is 2.41. The van der Waals surface area contributed by atoms with E-state index in [1.165, 1.54) is 17.8 Å². The minimum Gasteiger partial charge on any atom is -0.305 e. The van der Waals surface area contributed by atoms with Gasteiger partial charge in [0.05, 0.1) is 6.04 Å². The SMILES string of the molecule is CC(NC1CCC1(C)C)c1nccs1. The number of hydrogen-bond acceptors (Lipinski definition) is 3. The molecule has 0 spiro atoms. The van der Waals surface area contributed by atoms with Crippen LogP contribution in [0, 0.1) is 5.41 Å². The lowest BCUT2D eigenvalue weighted by Gasteiger charge is -2.46. The van der Waals surface area contributed by atoms with E-state index in [4.69, 9.17) is 0 Å². The van der Waals surface area contributed by atoms with Crippen LogP contribution in [0.25, 0.3) is 0 Å². The summed E-state index contributed by atoms with van der Waals surface area (Å²) in [5, 5.41) is 6.90. The van der Waals surface area contributed by atoms with E-state index in [1.807, 2.05) is 11.6 Å². The predicted octanol–water partition coefficient (Wildman–Crippen LogP) is 2.98. The standard InChI is InChI=1S/C11H18N2S/c1-8(10-12-6-7-14-10)13-9-4-5-11(9,2)3/h6-9,13H,4-5H2,1-3H3. The summed E-state index contributed by atoms with van der Waals surface area (Å²) in [6.45, 7) is 6.87. The Morgan fingerprint density at radius 3 is 2.86 bits per heavy atom. The molecule has 2 rings (SSSR count). The zero-order valence-electron chi connectivity index (χ0n) is 9.08. The van der Waals surface area contributed by atoms with E-state index in [1.54, 1.807) is 11.3 Å². The molecule has 14 heavy (non-hydrogen) atoms. The summed E-state index contributed by atoms with van der Waals surface area (Å²) in [5.74, 6) is 0. The van der Waals surface area contributed by atoms with Crippen molar-refractivity contribution in [1.82, 2.24) is 10.3 Å². The van der Waals surface area contributed by atoms with Crippen LogP contribution >= 0.6 is 11.3 Å². The van der Waals surface area contributed by atoms with Gasteiger partial charge in [0.2, 0.25) is 0 Å². The van der Waals surface area contributed by atoms with Gasteiger partial charge in [-0.15, -0.1) is 11.3 Å². The molecule has 78 valence electrons. The molecule has 3 heteroatoms. The van der Waals surface area contributed by atoms with Crippen molar-refractivity contribution in [2.24, 2.45) is 5.41 Å². The number of thiazole rings is 1. The van der Waals surface area contributed by atoms with Crippen LogP contribution in [0.15, 0.2) is 11.6 Å². The highest BCUT2D eigenvalue weighted by Gasteiger charge is 2.38. The van der Waals surface area contributed by atoms with Crippen LogP contribution in [0.2, 0.25) is 0 Å². The first kappa shape index (κ1) is 10.1. The molecule has 0 aliphatic heterocycles. The molecule has 1 heterocycles. The maximum absolute atomic E-state index is 4.33. The van der Waals surface area contributed by atoms with Gasteiger partial charge in [0.25, 0.3) is 0 Å². The van der Waals surface area contributed by atoms with Crippen LogP contribution in [0.4, 0.5) is 0 Å². The summed E-state index contributed by atoms with van der Waals surface area (Å²) in [6, 6.07) is 1.07. The minimum atomic E-state index is 0.402. The molecule has 2 unspecified atom stereocenters. The third-order valence-corrected chi connectivity index (χ3v) is 4.25. The monoisotopic (exact) mass is 210 g/mol. The molecule has 0 radical (unpaired) electrons. The van der Waals surface area contributed by atoms with E-state index in [2.05, 4.69) is 31.1 Å². The summed E-state index contributed by atoms with van der Waals surface area (Å²) in [4.78, 5) is 4.33. The van der Waals surface area contributed by atoms with E-state index in [-0.39, 0.29) is 0 Å². The van der Waals surface area contributed by atoms with Gasteiger partial charge in [-0.2, -0.15) is 0 Å². The average Bonchev–Trinajstić information content (AvgIpc) is 2.65. The molecular formula is C11H18N2S. The Labute approximate surface area is 89.8 Å². The van der Waals surface area contributed by atoms with Gasteiger partial charge in [0, 0.05) is 17.6 Å². The Morgan fingerprint density at radius 2 is 2.43 bits per heavy atom. The van der Waals surface area contributed by atoms with Gasteiger partial charge < -0.3 is 5.32 Å². The maximum atomic E-state index is 4.33. The maximum Gasteiger partial charge on any atom is 0.109 e. The van der Waals surface area contributed by atoms with Crippen molar-refractivity contribution < 1.29 is 0 Å². The van der Waals surface area contributed by atoms with Gasteiger partial charge in [-0.05, 0) is 25.2 Å². The van der Waals surface area contributed by atoms with E-state index < -0.39 is 0 Å². The van der Waals surface area contributed by atoms with Crippen LogP contribution in [0.3, 0.4) is 0 Å². The topological polar surface area (TPSA) is 24.9 Å². The van der Waals surface area contributed by atoms with Crippen LogP contribution in [-0.4, -0.2) is 11.0 Å². The van der Waals surface area contributed by atoms with E-state index in [9.17, 15) is 0 Å². The summed E-state index contributed by atoms with van der Waals surface area (Å²) < 4.78 is 0. The van der Waals surface area contributed by atoms with Crippen molar-refractivity contribution in [2.75, 3.05) is 0 Å². The highest BCUT2D eigenvalue weighted by molar-refractivity contribution is 7.09. The van der Waals surface area contributed by atoms with Crippen molar-refractivity contribution in [3.63, 3.8) is 0 Å². The summed E-state index contributed by atoms with van der Waals surface area (Å²) in [6.07, 6.45) is 4.53. The summed E-state index contributed by atoms with van der Waals surface area (Å²) >= 11 is 1.73. The molecular weight excluding hydrogens is 192 g/mol. The first-order chi connectivity index (χ1) is 6.59.